The van der Waals surface area contributed by atoms with Crippen molar-refractivity contribution in [1.82, 2.24) is 0 Å². The van der Waals surface area contributed by atoms with Crippen molar-refractivity contribution in [2.24, 2.45) is 17.3 Å². The maximum atomic E-state index is 11.3. The normalized spacial score (nSPS) is 26.8. The molecule has 1 heteroatoms. The molecule has 0 saturated carbocycles. The van der Waals surface area contributed by atoms with Crippen molar-refractivity contribution in [3.8, 4) is 0 Å². The monoisotopic (exact) mass is 180 g/mol. The molecule has 1 atom stereocenters. The predicted molar refractivity (Wildman–Crippen MR) is 55.5 cm³/mol. The molecule has 0 fully saturated rings. The maximum Gasteiger partial charge on any atom is 0.155 e. The van der Waals surface area contributed by atoms with E-state index in [-0.39, 0.29) is 5.41 Å². The van der Waals surface area contributed by atoms with Gasteiger partial charge in [0, 0.05) is 6.42 Å². The Kier molecular flexibility index (Phi) is 2.94. The average molecular weight is 180 g/mol. The molecule has 0 aromatic rings. The zero-order valence-electron chi connectivity index (χ0n) is 9.13. The highest BCUT2D eigenvalue weighted by Gasteiger charge is 2.31. The van der Waals surface area contributed by atoms with Crippen LogP contribution in [0.3, 0.4) is 0 Å². The molecule has 0 saturated heterocycles. The van der Waals surface area contributed by atoms with Gasteiger partial charge >= 0.3 is 0 Å². The van der Waals surface area contributed by atoms with Crippen LogP contribution in [0, 0.1) is 17.3 Å². The van der Waals surface area contributed by atoms with Crippen molar-refractivity contribution < 1.29 is 4.79 Å². The molecule has 0 aliphatic heterocycles. The molecule has 0 radical (unpaired) electrons. The Morgan fingerprint density at radius 3 is 2.69 bits per heavy atom. The number of hydrogen-bond donors (Lipinski definition) is 0. The first-order chi connectivity index (χ1) is 5.92. The summed E-state index contributed by atoms with van der Waals surface area (Å²) in [6.07, 6.45) is 5.72. The van der Waals surface area contributed by atoms with E-state index in [1.807, 2.05) is 0 Å². The molecule has 13 heavy (non-hydrogen) atoms. The van der Waals surface area contributed by atoms with Crippen molar-refractivity contribution in [2.45, 2.75) is 40.5 Å². The van der Waals surface area contributed by atoms with E-state index in [1.54, 1.807) is 6.08 Å². The van der Waals surface area contributed by atoms with E-state index in [4.69, 9.17) is 0 Å². The highest BCUT2D eigenvalue weighted by Crippen LogP contribution is 2.38. The molecule has 0 amide bonds. The Hall–Kier alpha value is -0.590. The molecular formula is C12H20O. The van der Waals surface area contributed by atoms with Crippen LogP contribution in [-0.2, 0) is 4.79 Å². The van der Waals surface area contributed by atoms with Crippen LogP contribution in [0.15, 0.2) is 12.2 Å². The second-order valence-corrected chi connectivity index (χ2v) is 5.15. The van der Waals surface area contributed by atoms with Gasteiger partial charge in [-0.05, 0) is 29.7 Å². The van der Waals surface area contributed by atoms with Gasteiger partial charge < -0.3 is 0 Å². The third kappa shape index (κ3) is 2.68. The topological polar surface area (TPSA) is 17.1 Å². The molecule has 1 aliphatic rings. The van der Waals surface area contributed by atoms with Crippen LogP contribution in [0.25, 0.3) is 0 Å². The molecule has 0 N–H and O–H groups in total. The molecule has 0 aromatic carbocycles. The van der Waals surface area contributed by atoms with E-state index < -0.39 is 0 Å². The summed E-state index contributed by atoms with van der Waals surface area (Å²) in [5, 5.41) is 0. The lowest BCUT2D eigenvalue weighted by Crippen LogP contribution is -2.29. The third-order valence-electron chi connectivity index (χ3n) is 2.95. The average Bonchev–Trinajstić information content (AvgIpc) is 1.97. The van der Waals surface area contributed by atoms with Crippen molar-refractivity contribution in [3.63, 3.8) is 0 Å². The minimum absolute atomic E-state index is 0.207. The van der Waals surface area contributed by atoms with E-state index in [9.17, 15) is 4.79 Å². The van der Waals surface area contributed by atoms with Crippen molar-refractivity contribution in [1.29, 1.82) is 0 Å². The third-order valence-corrected chi connectivity index (χ3v) is 2.95. The molecule has 74 valence electrons. The molecule has 0 spiro atoms. The molecule has 1 nitrogen and oxygen atoms in total. The SMILES string of the molecule is CC(C)CC1CC(=O)C=CC1(C)C. The maximum absolute atomic E-state index is 11.3. The summed E-state index contributed by atoms with van der Waals surface area (Å²) in [5.41, 5.74) is 0.207. The van der Waals surface area contributed by atoms with Gasteiger partial charge in [0.2, 0.25) is 0 Å². The van der Waals surface area contributed by atoms with E-state index in [1.165, 1.54) is 0 Å². The molecule has 1 aliphatic carbocycles. The van der Waals surface area contributed by atoms with Gasteiger partial charge in [0.05, 0.1) is 0 Å². The minimum atomic E-state index is 0.207. The second-order valence-electron chi connectivity index (χ2n) is 5.15. The van der Waals surface area contributed by atoms with Gasteiger partial charge in [0.25, 0.3) is 0 Å². The lowest BCUT2D eigenvalue weighted by atomic mass is 9.69. The van der Waals surface area contributed by atoms with Gasteiger partial charge in [0.15, 0.2) is 5.78 Å². The Bertz CT molecular complexity index is 223. The Balaban J connectivity index is 2.72. The van der Waals surface area contributed by atoms with Crippen LogP contribution in [-0.4, -0.2) is 5.78 Å². The minimum Gasteiger partial charge on any atom is -0.295 e. The molecule has 0 aromatic heterocycles. The summed E-state index contributed by atoms with van der Waals surface area (Å²) in [7, 11) is 0. The Morgan fingerprint density at radius 1 is 1.54 bits per heavy atom. The second kappa shape index (κ2) is 3.65. The number of ketones is 1. The summed E-state index contributed by atoms with van der Waals surface area (Å²) in [6, 6.07) is 0. The summed E-state index contributed by atoms with van der Waals surface area (Å²) >= 11 is 0. The van der Waals surface area contributed by atoms with E-state index in [2.05, 4.69) is 33.8 Å². The zero-order valence-corrected chi connectivity index (χ0v) is 9.13. The number of carbonyl (C=O) groups is 1. The Morgan fingerprint density at radius 2 is 2.15 bits per heavy atom. The number of rotatable bonds is 2. The van der Waals surface area contributed by atoms with Crippen molar-refractivity contribution in [3.05, 3.63) is 12.2 Å². The highest BCUT2D eigenvalue weighted by atomic mass is 16.1. The molecule has 1 rings (SSSR count). The van der Waals surface area contributed by atoms with Gasteiger partial charge in [-0.1, -0.05) is 33.8 Å². The molecule has 1 unspecified atom stereocenters. The standard InChI is InChI=1S/C12H20O/c1-9(2)7-10-8-11(13)5-6-12(10,3)4/h5-6,9-10H,7-8H2,1-4H3. The van der Waals surface area contributed by atoms with Crippen LogP contribution in [0.1, 0.15) is 40.5 Å². The fraction of sp³-hybridized carbons (Fsp3) is 0.750. The highest BCUT2D eigenvalue weighted by molar-refractivity contribution is 5.90. The fourth-order valence-corrected chi connectivity index (χ4v) is 1.97. The van der Waals surface area contributed by atoms with Gasteiger partial charge in [0.1, 0.15) is 0 Å². The molecule has 0 heterocycles. The summed E-state index contributed by atoms with van der Waals surface area (Å²) < 4.78 is 0. The summed E-state index contributed by atoms with van der Waals surface area (Å²) in [5.74, 6) is 1.51. The van der Waals surface area contributed by atoms with E-state index >= 15 is 0 Å². The number of carbonyl (C=O) groups excluding carboxylic acids is 1. The van der Waals surface area contributed by atoms with Crippen molar-refractivity contribution in [2.75, 3.05) is 0 Å². The lowest BCUT2D eigenvalue weighted by Gasteiger charge is -2.35. The Labute approximate surface area is 81.2 Å². The first-order valence-electron chi connectivity index (χ1n) is 5.14. The lowest BCUT2D eigenvalue weighted by molar-refractivity contribution is -0.117. The predicted octanol–water partition coefficient (Wildman–Crippen LogP) is 3.20. The summed E-state index contributed by atoms with van der Waals surface area (Å²) in [6.45, 7) is 8.89. The molecular weight excluding hydrogens is 160 g/mol. The number of allylic oxidation sites excluding steroid dienone is 2. The quantitative estimate of drug-likeness (QED) is 0.637. The van der Waals surface area contributed by atoms with Crippen molar-refractivity contribution >= 4 is 5.78 Å². The number of hydrogen-bond acceptors (Lipinski definition) is 1. The smallest absolute Gasteiger partial charge is 0.155 e. The van der Waals surface area contributed by atoms with E-state index in [0.717, 1.165) is 12.8 Å². The van der Waals surface area contributed by atoms with Crippen LogP contribution < -0.4 is 0 Å². The van der Waals surface area contributed by atoms with Crippen LogP contribution in [0.4, 0.5) is 0 Å². The van der Waals surface area contributed by atoms with E-state index in [0.29, 0.717) is 17.6 Å². The largest absolute Gasteiger partial charge is 0.295 e. The fourth-order valence-electron chi connectivity index (χ4n) is 1.97. The summed E-state index contributed by atoms with van der Waals surface area (Å²) in [4.78, 5) is 11.3. The van der Waals surface area contributed by atoms with Crippen LogP contribution >= 0.6 is 0 Å². The first kappa shape index (κ1) is 10.5. The first-order valence-corrected chi connectivity index (χ1v) is 5.14. The van der Waals surface area contributed by atoms with Gasteiger partial charge in [-0.2, -0.15) is 0 Å². The van der Waals surface area contributed by atoms with Gasteiger partial charge in [-0.15, -0.1) is 0 Å². The molecule has 0 bridgehead atoms. The van der Waals surface area contributed by atoms with Crippen LogP contribution in [0.2, 0.25) is 0 Å². The van der Waals surface area contributed by atoms with Gasteiger partial charge in [-0.25, -0.2) is 0 Å². The zero-order chi connectivity index (χ0) is 10.1. The van der Waals surface area contributed by atoms with Gasteiger partial charge in [-0.3, -0.25) is 4.79 Å². The van der Waals surface area contributed by atoms with Crippen LogP contribution in [0.5, 0.6) is 0 Å².